The first-order chi connectivity index (χ1) is 4.24. The molecule has 3 nitrogen and oxygen atoms in total. The lowest BCUT2D eigenvalue weighted by Crippen LogP contribution is -1.90. The van der Waals surface area contributed by atoms with Gasteiger partial charge in [-0.25, -0.2) is 0 Å². The fraction of sp³-hybridized carbons (Fsp3) is 0.250. The summed E-state index contributed by atoms with van der Waals surface area (Å²) < 4.78 is 0. The molecule has 1 aromatic heterocycles. The summed E-state index contributed by atoms with van der Waals surface area (Å²) >= 11 is 2.49. The van der Waals surface area contributed by atoms with Crippen LogP contribution in [0.2, 0.25) is 0 Å². The smallest absolute Gasteiger partial charge is 0.307 e. The second-order valence-corrected chi connectivity index (χ2v) is 3.24. The Kier molecular flexibility index (Phi) is 1.82. The summed E-state index contributed by atoms with van der Waals surface area (Å²) in [6.07, 6.45) is 1.87. The van der Waals surface area contributed by atoms with Gasteiger partial charge in [0.15, 0.2) is 0 Å². The molecule has 0 fully saturated rings. The average Bonchev–Trinajstić information content (AvgIpc) is 2.10. The molecule has 5 heteroatoms. The van der Waals surface area contributed by atoms with E-state index >= 15 is 0 Å². The molecule has 0 aliphatic carbocycles. The number of aromatic nitrogens is 1. The van der Waals surface area contributed by atoms with Crippen LogP contribution in [0.25, 0.3) is 0 Å². The van der Waals surface area contributed by atoms with Gasteiger partial charge in [0.25, 0.3) is 0 Å². The molecule has 0 bridgehead atoms. The predicted molar refractivity (Wildman–Crippen MR) is 41.1 cm³/mol. The summed E-state index contributed by atoms with van der Waals surface area (Å²) in [5.41, 5.74) is 5.42. The summed E-state index contributed by atoms with van der Waals surface area (Å²) in [6.45, 7) is 0. The fourth-order valence-corrected chi connectivity index (χ4v) is 1.81. The van der Waals surface area contributed by atoms with Crippen LogP contribution < -0.4 is 10.6 Å². The van der Waals surface area contributed by atoms with E-state index in [1.807, 2.05) is 6.26 Å². The van der Waals surface area contributed by atoms with Crippen molar-refractivity contribution in [3.05, 3.63) is 9.67 Å². The van der Waals surface area contributed by atoms with Gasteiger partial charge in [0.2, 0.25) is 0 Å². The van der Waals surface area contributed by atoms with Crippen molar-refractivity contribution in [2.24, 2.45) is 0 Å². The summed E-state index contributed by atoms with van der Waals surface area (Å²) in [5.74, 6) is 0. The molecule has 0 amide bonds. The molecular weight excluding hydrogens is 156 g/mol. The van der Waals surface area contributed by atoms with E-state index in [1.165, 1.54) is 11.8 Å². The van der Waals surface area contributed by atoms with Crippen molar-refractivity contribution in [3.63, 3.8) is 0 Å². The van der Waals surface area contributed by atoms with E-state index < -0.39 is 0 Å². The van der Waals surface area contributed by atoms with Crippen LogP contribution in [0.3, 0.4) is 0 Å². The molecule has 0 aliphatic rings. The molecule has 9 heavy (non-hydrogen) atoms. The maximum absolute atomic E-state index is 10.5. The zero-order valence-electron chi connectivity index (χ0n) is 4.80. The second kappa shape index (κ2) is 2.45. The third-order valence-electron chi connectivity index (χ3n) is 0.846. The van der Waals surface area contributed by atoms with Gasteiger partial charge in [0.1, 0.15) is 10.0 Å². The van der Waals surface area contributed by atoms with Crippen molar-refractivity contribution in [2.45, 2.75) is 5.03 Å². The number of anilines is 1. The Balaban J connectivity index is 3.16. The van der Waals surface area contributed by atoms with E-state index in [-0.39, 0.29) is 4.87 Å². The number of nitrogens with two attached hydrogens (primary N) is 1. The number of nitrogen functional groups attached to an aromatic ring is 1. The second-order valence-electron chi connectivity index (χ2n) is 1.41. The number of rotatable bonds is 1. The first-order valence-electron chi connectivity index (χ1n) is 2.26. The van der Waals surface area contributed by atoms with Gasteiger partial charge in [-0.05, 0) is 6.26 Å². The predicted octanol–water partition coefficient (Wildman–Crippen LogP) is 0.741. The van der Waals surface area contributed by atoms with Crippen molar-refractivity contribution in [3.8, 4) is 0 Å². The zero-order chi connectivity index (χ0) is 6.85. The molecule has 0 saturated carbocycles. The van der Waals surface area contributed by atoms with Crippen LogP contribution >= 0.6 is 23.1 Å². The number of thioether (sulfide) groups is 1. The van der Waals surface area contributed by atoms with E-state index in [0.29, 0.717) is 5.00 Å². The molecule has 50 valence electrons. The van der Waals surface area contributed by atoms with Crippen molar-refractivity contribution in [1.29, 1.82) is 0 Å². The Labute approximate surface area is 60.3 Å². The van der Waals surface area contributed by atoms with Crippen LogP contribution in [-0.4, -0.2) is 11.2 Å². The van der Waals surface area contributed by atoms with E-state index in [2.05, 4.69) is 4.98 Å². The van der Waals surface area contributed by atoms with Crippen LogP contribution in [0.1, 0.15) is 0 Å². The highest BCUT2D eigenvalue weighted by Gasteiger charge is 1.99. The van der Waals surface area contributed by atoms with Gasteiger partial charge in [0, 0.05) is 0 Å². The molecule has 0 radical (unpaired) electrons. The summed E-state index contributed by atoms with van der Waals surface area (Å²) in [7, 11) is 0. The molecule has 0 aromatic carbocycles. The number of thiazole rings is 1. The molecule has 1 heterocycles. The molecule has 1 aromatic rings. The van der Waals surface area contributed by atoms with Crippen LogP contribution in [0.5, 0.6) is 0 Å². The first kappa shape index (κ1) is 6.70. The minimum atomic E-state index is -0.0862. The Hall–Kier alpha value is -0.420. The lowest BCUT2D eigenvalue weighted by molar-refractivity contribution is 1.17. The van der Waals surface area contributed by atoms with Crippen LogP contribution in [0.15, 0.2) is 9.82 Å². The SMILES string of the molecule is CSc1[nH]c(=O)sc1N. The van der Waals surface area contributed by atoms with Gasteiger partial charge in [-0.3, -0.25) is 4.79 Å². The molecule has 0 saturated heterocycles. The molecule has 0 unspecified atom stereocenters. The summed E-state index contributed by atoms with van der Waals surface area (Å²) in [4.78, 5) is 13.0. The average molecular weight is 162 g/mol. The lowest BCUT2D eigenvalue weighted by atomic mass is 10.9. The maximum atomic E-state index is 10.5. The van der Waals surface area contributed by atoms with Crippen molar-refractivity contribution in [1.82, 2.24) is 4.98 Å². The Bertz CT molecular complexity index is 251. The van der Waals surface area contributed by atoms with Crippen LogP contribution in [-0.2, 0) is 0 Å². The van der Waals surface area contributed by atoms with Gasteiger partial charge in [-0.15, -0.1) is 11.8 Å². The highest BCUT2D eigenvalue weighted by molar-refractivity contribution is 7.98. The Morgan fingerprint density at radius 2 is 2.44 bits per heavy atom. The first-order valence-corrected chi connectivity index (χ1v) is 4.30. The number of hydrogen-bond donors (Lipinski definition) is 2. The minimum Gasteiger partial charge on any atom is -0.388 e. The summed E-state index contributed by atoms with van der Waals surface area (Å²) in [6, 6.07) is 0. The van der Waals surface area contributed by atoms with Gasteiger partial charge in [-0.2, -0.15) is 0 Å². The quantitative estimate of drug-likeness (QED) is 0.599. The Morgan fingerprint density at radius 3 is 2.67 bits per heavy atom. The van der Waals surface area contributed by atoms with Gasteiger partial charge in [-0.1, -0.05) is 11.3 Å². The molecular formula is C4H6N2OS2. The molecule has 1 rings (SSSR count). The largest absolute Gasteiger partial charge is 0.388 e. The van der Waals surface area contributed by atoms with E-state index in [0.717, 1.165) is 16.4 Å². The monoisotopic (exact) mass is 162 g/mol. The highest BCUT2D eigenvalue weighted by atomic mass is 32.2. The summed E-state index contributed by atoms with van der Waals surface area (Å²) in [5, 5.41) is 1.34. The van der Waals surface area contributed by atoms with Crippen molar-refractivity contribution >= 4 is 28.1 Å². The van der Waals surface area contributed by atoms with Gasteiger partial charge < -0.3 is 10.7 Å². The van der Waals surface area contributed by atoms with Crippen LogP contribution in [0, 0.1) is 0 Å². The normalized spacial score (nSPS) is 9.89. The van der Waals surface area contributed by atoms with Crippen molar-refractivity contribution < 1.29 is 0 Å². The molecule has 3 N–H and O–H groups in total. The molecule has 0 aliphatic heterocycles. The van der Waals surface area contributed by atoms with Gasteiger partial charge >= 0.3 is 4.87 Å². The maximum Gasteiger partial charge on any atom is 0.307 e. The number of H-pyrrole nitrogens is 1. The number of hydrogen-bond acceptors (Lipinski definition) is 4. The number of nitrogens with one attached hydrogen (secondary N) is 1. The van der Waals surface area contributed by atoms with Gasteiger partial charge in [0.05, 0.1) is 0 Å². The van der Waals surface area contributed by atoms with E-state index in [4.69, 9.17) is 5.73 Å². The molecule has 0 atom stereocenters. The third-order valence-corrected chi connectivity index (χ3v) is 2.42. The van der Waals surface area contributed by atoms with Crippen molar-refractivity contribution in [2.75, 3.05) is 12.0 Å². The topological polar surface area (TPSA) is 58.9 Å². The van der Waals surface area contributed by atoms with E-state index in [1.54, 1.807) is 0 Å². The highest BCUT2D eigenvalue weighted by Crippen LogP contribution is 2.20. The zero-order valence-corrected chi connectivity index (χ0v) is 6.44. The third kappa shape index (κ3) is 1.28. The van der Waals surface area contributed by atoms with Crippen LogP contribution in [0.4, 0.5) is 5.00 Å². The minimum absolute atomic E-state index is 0.0862. The number of aromatic amines is 1. The Morgan fingerprint density at radius 1 is 1.78 bits per heavy atom. The van der Waals surface area contributed by atoms with E-state index in [9.17, 15) is 4.79 Å². The lowest BCUT2D eigenvalue weighted by Gasteiger charge is -1.86. The molecule has 0 spiro atoms. The standard InChI is InChI=1S/C4H6N2OS2/c1-8-3-2(5)9-4(7)6-3/h5H2,1H3,(H,6,7). The fourth-order valence-electron chi connectivity index (χ4n) is 0.478.